The zero-order valence-corrected chi connectivity index (χ0v) is 18.0. The molecular formula is C22H42O3. The second-order valence-corrected chi connectivity index (χ2v) is 10.6. The number of ether oxygens (including phenoxy) is 2. The molecule has 0 aliphatic heterocycles. The lowest BCUT2D eigenvalue weighted by atomic mass is 9.73. The average Bonchev–Trinajstić information content (AvgIpc) is 2.44. The van der Waals surface area contributed by atoms with Crippen LogP contribution in [0.2, 0.25) is 0 Å². The molecule has 0 aromatic carbocycles. The SMILES string of the molecule is CCC(C)(CC(C)(C)C)C(=O)OC(CC(C)(C)C)OC1CCCCC1. The number of rotatable bonds is 7. The van der Waals surface area contributed by atoms with E-state index in [1.807, 2.05) is 6.92 Å². The van der Waals surface area contributed by atoms with E-state index in [4.69, 9.17) is 9.47 Å². The Morgan fingerprint density at radius 2 is 1.52 bits per heavy atom. The van der Waals surface area contributed by atoms with Crippen LogP contribution < -0.4 is 0 Å². The molecule has 1 saturated carbocycles. The average molecular weight is 355 g/mol. The molecule has 0 bridgehead atoms. The zero-order valence-electron chi connectivity index (χ0n) is 18.0. The first-order valence-corrected chi connectivity index (χ1v) is 10.2. The van der Waals surface area contributed by atoms with E-state index in [9.17, 15) is 4.79 Å². The van der Waals surface area contributed by atoms with Crippen LogP contribution in [-0.2, 0) is 14.3 Å². The van der Waals surface area contributed by atoms with Crippen LogP contribution >= 0.6 is 0 Å². The summed E-state index contributed by atoms with van der Waals surface area (Å²) in [5.41, 5.74) is -0.301. The van der Waals surface area contributed by atoms with Gasteiger partial charge in [-0.25, -0.2) is 0 Å². The first-order chi connectivity index (χ1) is 11.3. The third-order valence-electron chi connectivity index (χ3n) is 5.11. The molecule has 25 heavy (non-hydrogen) atoms. The lowest BCUT2D eigenvalue weighted by molar-refractivity contribution is -0.210. The Hall–Kier alpha value is -0.570. The van der Waals surface area contributed by atoms with E-state index >= 15 is 0 Å². The molecule has 0 spiro atoms. The molecule has 1 fully saturated rings. The molecule has 0 radical (unpaired) electrons. The summed E-state index contributed by atoms with van der Waals surface area (Å²) >= 11 is 0. The van der Waals surface area contributed by atoms with Crippen molar-refractivity contribution < 1.29 is 14.3 Å². The lowest BCUT2D eigenvalue weighted by Crippen LogP contribution is -2.39. The summed E-state index contributed by atoms with van der Waals surface area (Å²) in [4.78, 5) is 13.0. The van der Waals surface area contributed by atoms with Crippen molar-refractivity contribution >= 4 is 5.97 Å². The van der Waals surface area contributed by atoms with Gasteiger partial charge in [0.05, 0.1) is 11.5 Å². The molecule has 0 amide bonds. The van der Waals surface area contributed by atoms with Crippen molar-refractivity contribution in [3.05, 3.63) is 0 Å². The van der Waals surface area contributed by atoms with E-state index < -0.39 is 11.7 Å². The largest absolute Gasteiger partial charge is 0.435 e. The second kappa shape index (κ2) is 8.88. The molecule has 0 heterocycles. The summed E-state index contributed by atoms with van der Waals surface area (Å²) < 4.78 is 12.2. The van der Waals surface area contributed by atoms with Crippen molar-refractivity contribution in [3.63, 3.8) is 0 Å². The van der Waals surface area contributed by atoms with E-state index in [-0.39, 0.29) is 22.9 Å². The topological polar surface area (TPSA) is 35.5 Å². The molecule has 0 aromatic heterocycles. The van der Waals surface area contributed by atoms with Gasteiger partial charge in [-0.05, 0) is 43.4 Å². The van der Waals surface area contributed by atoms with Crippen LogP contribution in [0.4, 0.5) is 0 Å². The molecule has 0 N–H and O–H groups in total. The van der Waals surface area contributed by atoms with Gasteiger partial charge in [0.2, 0.25) is 6.29 Å². The van der Waals surface area contributed by atoms with Crippen molar-refractivity contribution in [2.24, 2.45) is 16.2 Å². The van der Waals surface area contributed by atoms with Gasteiger partial charge in [-0.3, -0.25) is 4.79 Å². The quantitative estimate of drug-likeness (QED) is 0.387. The normalized spacial score (nSPS) is 20.8. The Balaban J connectivity index is 2.81. The van der Waals surface area contributed by atoms with Gasteiger partial charge in [0.15, 0.2) is 0 Å². The van der Waals surface area contributed by atoms with Crippen LogP contribution in [0.25, 0.3) is 0 Å². The van der Waals surface area contributed by atoms with Gasteiger partial charge in [0, 0.05) is 6.42 Å². The van der Waals surface area contributed by atoms with Crippen LogP contribution in [-0.4, -0.2) is 18.4 Å². The Kier molecular flexibility index (Phi) is 7.98. The number of carbonyl (C=O) groups is 1. The van der Waals surface area contributed by atoms with Crippen LogP contribution in [0.5, 0.6) is 0 Å². The molecule has 1 rings (SSSR count). The first-order valence-electron chi connectivity index (χ1n) is 10.2. The molecule has 148 valence electrons. The smallest absolute Gasteiger partial charge is 0.314 e. The monoisotopic (exact) mass is 354 g/mol. The van der Waals surface area contributed by atoms with Crippen molar-refractivity contribution in [1.29, 1.82) is 0 Å². The fourth-order valence-corrected chi connectivity index (χ4v) is 3.81. The fourth-order valence-electron chi connectivity index (χ4n) is 3.81. The minimum Gasteiger partial charge on any atom is -0.435 e. The van der Waals surface area contributed by atoms with Crippen LogP contribution in [0.3, 0.4) is 0 Å². The fraction of sp³-hybridized carbons (Fsp3) is 0.955. The van der Waals surface area contributed by atoms with Crippen molar-refractivity contribution in [1.82, 2.24) is 0 Å². The Morgan fingerprint density at radius 1 is 0.960 bits per heavy atom. The van der Waals surface area contributed by atoms with Gasteiger partial charge >= 0.3 is 5.97 Å². The highest BCUT2D eigenvalue weighted by atomic mass is 16.7. The minimum absolute atomic E-state index is 0.0618. The highest BCUT2D eigenvalue weighted by Crippen LogP contribution is 2.38. The predicted molar refractivity (Wildman–Crippen MR) is 104 cm³/mol. The second-order valence-electron chi connectivity index (χ2n) is 10.6. The molecule has 0 aromatic rings. The number of hydrogen-bond donors (Lipinski definition) is 0. The Bertz CT molecular complexity index is 410. The molecular weight excluding hydrogens is 312 g/mol. The zero-order chi connectivity index (χ0) is 19.3. The van der Waals surface area contributed by atoms with Gasteiger partial charge in [0.25, 0.3) is 0 Å². The van der Waals surface area contributed by atoms with Gasteiger partial charge in [-0.1, -0.05) is 67.7 Å². The van der Waals surface area contributed by atoms with E-state index in [2.05, 4.69) is 48.5 Å². The number of esters is 1. The molecule has 1 aliphatic carbocycles. The van der Waals surface area contributed by atoms with Crippen LogP contribution in [0, 0.1) is 16.2 Å². The van der Waals surface area contributed by atoms with Gasteiger partial charge in [-0.15, -0.1) is 0 Å². The summed E-state index contributed by atoms with van der Waals surface area (Å²) in [6, 6.07) is 0. The maximum atomic E-state index is 13.0. The maximum Gasteiger partial charge on any atom is 0.314 e. The minimum atomic E-state index is -0.454. The third kappa shape index (κ3) is 8.57. The highest BCUT2D eigenvalue weighted by Gasteiger charge is 2.39. The Labute approximate surface area is 156 Å². The molecule has 2 unspecified atom stereocenters. The number of carbonyl (C=O) groups excluding carboxylic acids is 1. The summed E-state index contributed by atoms with van der Waals surface area (Å²) in [7, 11) is 0. The summed E-state index contributed by atoms with van der Waals surface area (Å²) in [6.07, 6.45) is 8.07. The molecule has 3 nitrogen and oxygen atoms in total. The first kappa shape index (κ1) is 22.5. The molecule has 3 heteroatoms. The van der Waals surface area contributed by atoms with E-state index in [1.54, 1.807) is 0 Å². The predicted octanol–water partition coefficient (Wildman–Crippen LogP) is 6.49. The third-order valence-corrected chi connectivity index (χ3v) is 5.11. The van der Waals surface area contributed by atoms with Gasteiger partial charge in [0.1, 0.15) is 0 Å². The van der Waals surface area contributed by atoms with E-state index in [1.165, 1.54) is 19.3 Å². The van der Waals surface area contributed by atoms with Gasteiger partial charge < -0.3 is 9.47 Å². The van der Waals surface area contributed by atoms with Crippen molar-refractivity contribution in [3.8, 4) is 0 Å². The van der Waals surface area contributed by atoms with E-state index in [0.717, 1.165) is 32.1 Å². The molecule has 2 atom stereocenters. The van der Waals surface area contributed by atoms with Gasteiger partial charge in [-0.2, -0.15) is 0 Å². The number of hydrogen-bond acceptors (Lipinski definition) is 3. The summed E-state index contributed by atoms with van der Waals surface area (Å²) in [5, 5.41) is 0. The summed E-state index contributed by atoms with van der Waals surface area (Å²) in [5.74, 6) is -0.102. The summed E-state index contributed by atoms with van der Waals surface area (Å²) in [6.45, 7) is 17.2. The van der Waals surface area contributed by atoms with Crippen LogP contribution in [0.1, 0.15) is 107 Å². The Morgan fingerprint density at radius 3 is 1.96 bits per heavy atom. The van der Waals surface area contributed by atoms with Crippen LogP contribution in [0.15, 0.2) is 0 Å². The highest BCUT2D eigenvalue weighted by molar-refractivity contribution is 5.76. The standard InChI is InChI=1S/C22H42O3/c1-9-22(8,16-21(5,6)7)19(23)25-18(15-20(2,3)4)24-17-13-11-10-12-14-17/h17-18H,9-16H2,1-8H3. The van der Waals surface area contributed by atoms with E-state index in [0.29, 0.717) is 0 Å². The maximum absolute atomic E-state index is 13.0. The molecule has 1 aliphatic rings. The van der Waals surface area contributed by atoms with Crippen molar-refractivity contribution in [2.45, 2.75) is 119 Å². The van der Waals surface area contributed by atoms with Crippen molar-refractivity contribution in [2.75, 3.05) is 0 Å². The lowest BCUT2D eigenvalue weighted by Gasteiger charge is -2.36. The molecule has 0 saturated heterocycles.